The third-order valence-corrected chi connectivity index (χ3v) is 7.22. The van der Waals surface area contributed by atoms with Gasteiger partial charge in [0.1, 0.15) is 17.8 Å². The Hall–Kier alpha value is -3.55. The molecular formula is C28H38F3N5O6. The summed E-state index contributed by atoms with van der Waals surface area (Å²) in [5.41, 5.74) is 0.286. The minimum absolute atomic E-state index is 0.0319. The van der Waals surface area contributed by atoms with Gasteiger partial charge in [-0.05, 0) is 43.2 Å². The minimum atomic E-state index is -5.12. The van der Waals surface area contributed by atoms with E-state index < -0.39 is 53.7 Å². The number of pyridine rings is 1. The molecule has 0 saturated carbocycles. The van der Waals surface area contributed by atoms with E-state index in [2.05, 4.69) is 15.6 Å². The first-order chi connectivity index (χ1) is 19.7. The zero-order valence-electron chi connectivity index (χ0n) is 24.2. The topological polar surface area (TPSA) is 138 Å². The molecular weight excluding hydrogens is 559 g/mol. The average Bonchev–Trinajstić information content (AvgIpc) is 3.44. The predicted molar refractivity (Wildman–Crippen MR) is 144 cm³/mol. The van der Waals surface area contributed by atoms with Crippen LogP contribution in [0.25, 0.3) is 0 Å². The Morgan fingerprint density at radius 2 is 1.69 bits per heavy atom. The molecule has 2 aliphatic rings. The molecule has 0 bridgehead atoms. The van der Waals surface area contributed by atoms with E-state index in [1.54, 1.807) is 4.90 Å². The zero-order chi connectivity index (χ0) is 31.2. The van der Waals surface area contributed by atoms with Crippen LogP contribution in [0.3, 0.4) is 0 Å². The molecule has 0 aliphatic carbocycles. The molecule has 3 atom stereocenters. The van der Waals surface area contributed by atoms with Crippen molar-refractivity contribution in [2.45, 2.75) is 71.3 Å². The summed E-state index contributed by atoms with van der Waals surface area (Å²) < 4.78 is 44.5. The minimum Gasteiger partial charge on any atom is -0.378 e. The first kappa shape index (κ1) is 33.0. The van der Waals surface area contributed by atoms with Crippen LogP contribution in [0.2, 0.25) is 0 Å². The van der Waals surface area contributed by atoms with E-state index in [1.165, 1.54) is 37.1 Å². The number of hydrogen-bond donors (Lipinski definition) is 2. The zero-order valence-corrected chi connectivity index (χ0v) is 24.2. The smallest absolute Gasteiger partial charge is 0.378 e. The van der Waals surface area contributed by atoms with E-state index in [4.69, 9.17) is 4.74 Å². The van der Waals surface area contributed by atoms with Gasteiger partial charge in [-0.2, -0.15) is 13.2 Å². The fourth-order valence-electron chi connectivity index (χ4n) is 4.98. The molecule has 14 heteroatoms. The standard InChI is InChI=1S/C28H38F3N5O6/c1-16(2)14-20(33-24(38)18-7-8-19(32-15-18)26(40)35-10-12-42-13-11-35)27(41)36-9-5-6-21(36)25(39)34-22(17(3)4)23(37)28(29,30)31/h7-8,15-17,20-22H,5-6,9-14H2,1-4H3,(H,33,38)(H,34,39)/t20-,21-,22?/m0/s1. The predicted octanol–water partition coefficient (Wildman–Crippen LogP) is 1.96. The number of carbonyl (C=O) groups is 5. The third-order valence-electron chi connectivity index (χ3n) is 7.22. The number of rotatable bonds is 10. The molecule has 232 valence electrons. The number of halogens is 3. The number of aromatic nitrogens is 1. The van der Waals surface area contributed by atoms with Gasteiger partial charge in [0.05, 0.1) is 24.8 Å². The molecule has 0 aromatic carbocycles. The molecule has 2 saturated heterocycles. The molecule has 0 spiro atoms. The molecule has 3 heterocycles. The number of amides is 4. The van der Waals surface area contributed by atoms with Gasteiger partial charge >= 0.3 is 6.18 Å². The second-order valence-corrected chi connectivity index (χ2v) is 11.3. The summed E-state index contributed by atoms with van der Waals surface area (Å²) in [5.74, 6) is -5.21. The lowest BCUT2D eigenvalue weighted by atomic mass is 9.98. The van der Waals surface area contributed by atoms with Gasteiger partial charge in [-0.3, -0.25) is 29.0 Å². The normalized spacial score (nSPS) is 19.0. The maximum Gasteiger partial charge on any atom is 0.452 e. The molecule has 1 aromatic rings. The van der Waals surface area contributed by atoms with Crippen molar-refractivity contribution < 1.29 is 41.9 Å². The SMILES string of the molecule is CC(C)C[C@H](NC(=O)c1ccc(C(=O)N2CCOCC2)nc1)C(=O)N1CCC[C@H]1C(=O)NC(C(=O)C(F)(F)F)C(C)C. The summed E-state index contributed by atoms with van der Waals surface area (Å²) in [6, 6.07) is -1.04. The lowest BCUT2D eigenvalue weighted by Gasteiger charge is -2.31. The molecule has 3 rings (SSSR count). The fraction of sp³-hybridized carbons (Fsp3) is 0.643. The second-order valence-electron chi connectivity index (χ2n) is 11.3. The summed E-state index contributed by atoms with van der Waals surface area (Å²) >= 11 is 0. The average molecular weight is 598 g/mol. The summed E-state index contributed by atoms with van der Waals surface area (Å²) in [5, 5.41) is 4.89. The van der Waals surface area contributed by atoms with Crippen molar-refractivity contribution >= 4 is 29.4 Å². The highest BCUT2D eigenvalue weighted by atomic mass is 19.4. The third kappa shape index (κ3) is 8.26. The van der Waals surface area contributed by atoms with Gasteiger partial charge in [0.15, 0.2) is 0 Å². The molecule has 2 fully saturated rings. The van der Waals surface area contributed by atoms with E-state index in [0.717, 1.165) is 0 Å². The Balaban J connectivity index is 1.71. The molecule has 0 radical (unpaired) electrons. The van der Waals surface area contributed by atoms with Crippen LogP contribution in [0.15, 0.2) is 18.3 Å². The number of nitrogens with zero attached hydrogens (tertiary/aromatic N) is 3. The number of nitrogens with one attached hydrogen (secondary N) is 2. The molecule has 4 amide bonds. The maximum absolute atomic E-state index is 13.6. The van der Waals surface area contributed by atoms with Crippen molar-refractivity contribution in [1.82, 2.24) is 25.4 Å². The van der Waals surface area contributed by atoms with E-state index in [0.29, 0.717) is 32.7 Å². The molecule has 2 aliphatic heterocycles. The van der Waals surface area contributed by atoms with Crippen molar-refractivity contribution in [3.63, 3.8) is 0 Å². The lowest BCUT2D eigenvalue weighted by molar-refractivity contribution is -0.175. The highest BCUT2D eigenvalue weighted by Crippen LogP contribution is 2.24. The highest BCUT2D eigenvalue weighted by molar-refractivity contribution is 6.00. The van der Waals surface area contributed by atoms with Gasteiger partial charge in [-0.25, -0.2) is 0 Å². The molecule has 1 unspecified atom stereocenters. The van der Waals surface area contributed by atoms with Crippen LogP contribution in [0.5, 0.6) is 0 Å². The van der Waals surface area contributed by atoms with Gasteiger partial charge in [0.25, 0.3) is 17.6 Å². The van der Waals surface area contributed by atoms with Crippen LogP contribution in [-0.4, -0.2) is 101 Å². The number of morpholine rings is 1. The fourth-order valence-corrected chi connectivity index (χ4v) is 4.98. The Morgan fingerprint density at radius 1 is 1.02 bits per heavy atom. The highest BCUT2D eigenvalue weighted by Gasteiger charge is 2.46. The number of ether oxygens (including phenoxy) is 1. The number of Topliss-reactive ketones (excluding diaryl/α,β-unsaturated/α-hetero) is 1. The number of ketones is 1. The van der Waals surface area contributed by atoms with Crippen molar-refractivity contribution in [3.8, 4) is 0 Å². The molecule has 2 N–H and O–H groups in total. The van der Waals surface area contributed by atoms with Gasteiger partial charge < -0.3 is 25.2 Å². The Bertz CT molecular complexity index is 1150. The first-order valence-electron chi connectivity index (χ1n) is 14.1. The van der Waals surface area contributed by atoms with Gasteiger partial charge in [0.2, 0.25) is 11.8 Å². The number of hydrogen-bond acceptors (Lipinski definition) is 7. The summed E-state index contributed by atoms with van der Waals surface area (Å²) in [4.78, 5) is 71.2. The van der Waals surface area contributed by atoms with E-state index in [1.807, 2.05) is 13.8 Å². The lowest BCUT2D eigenvalue weighted by Crippen LogP contribution is -2.57. The van der Waals surface area contributed by atoms with E-state index in [-0.39, 0.29) is 42.5 Å². The van der Waals surface area contributed by atoms with Crippen LogP contribution in [0.4, 0.5) is 13.2 Å². The van der Waals surface area contributed by atoms with Crippen LogP contribution in [0, 0.1) is 11.8 Å². The summed E-state index contributed by atoms with van der Waals surface area (Å²) in [7, 11) is 0. The van der Waals surface area contributed by atoms with E-state index >= 15 is 0 Å². The summed E-state index contributed by atoms with van der Waals surface area (Å²) in [6.07, 6.45) is -3.02. The van der Waals surface area contributed by atoms with Crippen LogP contribution in [-0.2, 0) is 19.1 Å². The largest absolute Gasteiger partial charge is 0.452 e. The molecule has 42 heavy (non-hydrogen) atoms. The van der Waals surface area contributed by atoms with Crippen LogP contribution >= 0.6 is 0 Å². The number of likely N-dealkylation sites (tertiary alicyclic amines) is 1. The van der Waals surface area contributed by atoms with Crippen LogP contribution in [0.1, 0.15) is 67.8 Å². The van der Waals surface area contributed by atoms with Crippen molar-refractivity contribution in [2.24, 2.45) is 11.8 Å². The van der Waals surface area contributed by atoms with Gasteiger partial charge in [-0.15, -0.1) is 0 Å². The number of carbonyl (C=O) groups excluding carboxylic acids is 5. The van der Waals surface area contributed by atoms with Gasteiger partial charge in [-0.1, -0.05) is 27.7 Å². The monoisotopic (exact) mass is 597 g/mol. The Labute approximate surface area is 242 Å². The van der Waals surface area contributed by atoms with Crippen molar-refractivity contribution in [1.29, 1.82) is 0 Å². The van der Waals surface area contributed by atoms with Gasteiger partial charge in [0, 0.05) is 25.8 Å². The van der Waals surface area contributed by atoms with Crippen molar-refractivity contribution in [2.75, 3.05) is 32.8 Å². The van der Waals surface area contributed by atoms with Crippen LogP contribution < -0.4 is 10.6 Å². The Morgan fingerprint density at radius 3 is 2.24 bits per heavy atom. The molecule has 11 nitrogen and oxygen atoms in total. The first-order valence-corrected chi connectivity index (χ1v) is 14.1. The maximum atomic E-state index is 13.6. The van der Waals surface area contributed by atoms with E-state index in [9.17, 15) is 37.1 Å². The molecule has 1 aromatic heterocycles. The van der Waals surface area contributed by atoms with Crippen molar-refractivity contribution in [3.05, 3.63) is 29.6 Å². The summed E-state index contributed by atoms with van der Waals surface area (Å²) in [6.45, 7) is 8.39. The second kappa shape index (κ2) is 14.1. The quantitative estimate of drug-likeness (QED) is 0.421. The number of alkyl halides is 3. The Kier molecular flexibility index (Phi) is 11.0.